The number of nitrogens with one attached hydrogen (secondary N) is 1. The van der Waals surface area contributed by atoms with Crippen LogP contribution in [0.15, 0.2) is 28.7 Å². The number of hydrogen-bond acceptors (Lipinski definition) is 7. The number of para-hydroxylation sites is 1. The molecule has 1 aliphatic heterocycles. The average Bonchev–Trinajstić information content (AvgIpc) is 3.09. The average molecular weight is 380 g/mol. The lowest BCUT2D eigenvalue weighted by Gasteiger charge is -2.32. The second-order valence-corrected chi connectivity index (χ2v) is 7.92. The van der Waals surface area contributed by atoms with Crippen LogP contribution >= 0.6 is 0 Å². The van der Waals surface area contributed by atoms with Gasteiger partial charge in [-0.3, -0.25) is 10.1 Å². The molecule has 1 saturated heterocycles. The summed E-state index contributed by atoms with van der Waals surface area (Å²) in [5, 5.41) is 10.3. The molecule has 2 aromatic rings. The Labute approximate surface area is 151 Å². The Balaban J connectivity index is 1.77. The van der Waals surface area contributed by atoms with Crippen molar-refractivity contribution in [2.24, 2.45) is 0 Å². The number of nitrogens with zero attached hydrogens (tertiary/aromatic N) is 3. The minimum atomic E-state index is -3.47. The number of carbonyl (C=O) groups is 1. The van der Waals surface area contributed by atoms with Gasteiger partial charge in [-0.15, -0.1) is 5.10 Å². The molecule has 0 spiro atoms. The summed E-state index contributed by atoms with van der Waals surface area (Å²) in [5.41, 5.74) is 0.596. The minimum absolute atomic E-state index is 0.0880. The zero-order chi connectivity index (χ0) is 18.7. The lowest BCUT2D eigenvalue weighted by Crippen LogP contribution is -2.49. The minimum Gasteiger partial charge on any atom is -0.496 e. The molecule has 1 amide bonds. The summed E-state index contributed by atoms with van der Waals surface area (Å²) in [6.07, 6.45) is 3.06. The summed E-state index contributed by atoms with van der Waals surface area (Å²) in [5.74, 6) is 0.274. The molecule has 0 radical (unpaired) electrons. The summed E-state index contributed by atoms with van der Waals surface area (Å²) < 4.78 is 35.7. The second-order valence-electron chi connectivity index (χ2n) is 5.99. The number of anilines is 1. The Hall–Kier alpha value is -2.46. The van der Waals surface area contributed by atoms with Gasteiger partial charge in [0.05, 0.1) is 18.9 Å². The summed E-state index contributed by atoms with van der Waals surface area (Å²) in [6.45, 7) is 0.327. The quantitative estimate of drug-likeness (QED) is 0.836. The molecule has 0 saturated carbocycles. The van der Waals surface area contributed by atoms with Crippen molar-refractivity contribution in [2.75, 3.05) is 25.2 Å². The number of piperidine rings is 1. The number of ether oxygens (including phenoxy) is 1. The number of aromatic nitrogens is 2. The normalized spacial score (nSPS) is 18.5. The first-order chi connectivity index (χ1) is 12.4. The van der Waals surface area contributed by atoms with Gasteiger partial charge in [-0.05, 0) is 25.0 Å². The van der Waals surface area contributed by atoms with Gasteiger partial charge in [-0.2, -0.15) is 4.31 Å². The Morgan fingerprint density at radius 2 is 2.08 bits per heavy atom. The smallest absolute Gasteiger partial charge is 0.322 e. The molecule has 2 heterocycles. The Bertz CT molecular complexity index is 896. The number of carbonyl (C=O) groups excluding carboxylic acids is 1. The van der Waals surface area contributed by atoms with E-state index in [0.29, 0.717) is 24.3 Å². The zero-order valence-corrected chi connectivity index (χ0v) is 15.3. The van der Waals surface area contributed by atoms with Crippen molar-refractivity contribution in [3.05, 3.63) is 24.3 Å². The fraction of sp³-hybridized carbons (Fsp3) is 0.438. The molecule has 140 valence electrons. The van der Waals surface area contributed by atoms with Crippen LogP contribution in [-0.2, 0) is 14.8 Å². The van der Waals surface area contributed by atoms with Gasteiger partial charge in [0.1, 0.15) is 11.8 Å². The maximum absolute atomic E-state index is 12.5. The van der Waals surface area contributed by atoms with Crippen molar-refractivity contribution in [3.8, 4) is 17.2 Å². The molecular formula is C16H20N4O5S. The zero-order valence-electron chi connectivity index (χ0n) is 14.5. The van der Waals surface area contributed by atoms with Crippen molar-refractivity contribution >= 4 is 21.9 Å². The van der Waals surface area contributed by atoms with E-state index in [-0.39, 0.29) is 11.9 Å². The third-order valence-electron chi connectivity index (χ3n) is 4.17. The van der Waals surface area contributed by atoms with E-state index in [9.17, 15) is 13.2 Å². The maximum atomic E-state index is 12.5. The standard InChI is InChI=1S/C16H20N4O5S/c1-24-13-9-4-3-7-11(13)15-18-19-16(25-15)17-14(21)12-8-5-6-10-20(12)26(2,22)23/h3-4,7,9,12H,5-6,8,10H2,1-2H3,(H,17,19,21). The number of methoxy groups -OCH3 is 1. The number of benzene rings is 1. The third kappa shape index (κ3) is 3.86. The van der Waals surface area contributed by atoms with Gasteiger partial charge < -0.3 is 9.15 Å². The second kappa shape index (κ2) is 7.42. The lowest BCUT2D eigenvalue weighted by atomic mass is 10.0. The van der Waals surface area contributed by atoms with Crippen LogP contribution in [0.5, 0.6) is 5.75 Å². The Morgan fingerprint density at radius 1 is 1.31 bits per heavy atom. The first-order valence-electron chi connectivity index (χ1n) is 8.14. The first kappa shape index (κ1) is 18.3. The molecule has 26 heavy (non-hydrogen) atoms. The molecule has 0 bridgehead atoms. The predicted molar refractivity (Wildman–Crippen MR) is 94.1 cm³/mol. The first-order valence-corrected chi connectivity index (χ1v) is 9.99. The van der Waals surface area contributed by atoms with Crippen LogP contribution in [0, 0.1) is 0 Å². The van der Waals surface area contributed by atoms with Gasteiger partial charge >= 0.3 is 6.01 Å². The van der Waals surface area contributed by atoms with Crippen LogP contribution in [-0.4, -0.2) is 54.8 Å². The van der Waals surface area contributed by atoms with E-state index in [2.05, 4.69) is 15.5 Å². The van der Waals surface area contributed by atoms with Gasteiger partial charge in [0.15, 0.2) is 0 Å². The van der Waals surface area contributed by atoms with Crippen LogP contribution in [0.25, 0.3) is 11.5 Å². The van der Waals surface area contributed by atoms with E-state index in [1.165, 1.54) is 11.4 Å². The third-order valence-corrected chi connectivity index (χ3v) is 5.46. The molecule has 1 fully saturated rings. The molecule has 1 atom stereocenters. The highest BCUT2D eigenvalue weighted by Gasteiger charge is 2.35. The van der Waals surface area contributed by atoms with Crippen molar-refractivity contribution in [2.45, 2.75) is 25.3 Å². The van der Waals surface area contributed by atoms with Crippen molar-refractivity contribution in [1.29, 1.82) is 0 Å². The van der Waals surface area contributed by atoms with Crippen LogP contribution in [0.4, 0.5) is 6.01 Å². The number of amides is 1. The summed E-state index contributed by atoms with van der Waals surface area (Å²) >= 11 is 0. The fourth-order valence-corrected chi connectivity index (χ4v) is 4.08. The van der Waals surface area contributed by atoms with Gasteiger partial charge in [0.2, 0.25) is 15.9 Å². The largest absolute Gasteiger partial charge is 0.496 e. The predicted octanol–water partition coefficient (Wildman–Crippen LogP) is 1.50. The molecule has 9 nitrogen and oxygen atoms in total. The SMILES string of the molecule is COc1ccccc1-c1nnc(NC(=O)C2CCCCN2S(C)(=O)=O)o1. The van der Waals surface area contributed by atoms with E-state index in [1.54, 1.807) is 18.2 Å². The topological polar surface area (TPSA) is 115 Å². The van der Waals surface area contributed by atoms with Crippen molar-refractivity contribution < 1.29 is 22.4 Å². The summed E-state index contributed by atoms with van der Waals surface area (Å²) in [7, 11) is -1.94. The van der Waals surface area contributed by atoms with E-state index in [1.807, 2.05) is 6.07 Å². The molecule has 10 heteroatoms. The molecule has 1 aromatic carbocycles. The van der Waals surface area contributed by atoms with Crippen LogP contribution in [0.3, 0.4) is 0 Å². The van der Waals surface area contributed by atoms with E-state index in [0.717, 1.165) is 19.1 Å². The highest BCUT2D eigenvalue weighted by Crippen LogP contribution is 2.29. The molecule has 0 aliphatic carbocycles. The highest BCUT2D eigenvalue weighted by molar-refractivity contribution is 7.88. The van der Waals surface area contributed by atoms with Crippen LogP contribution in [0.2, 0.25) is 0 Å². The molecular weight excluding hydrogens is 360 g/mol. The number of sulfonamides is 1. The van der Waals surface area contributed by atoms with Crippen LogP contribution in [0.1, 0.15) is 19.3 Å². The highest BCUT2D eigenvalue weighted by atomic mass is 32.2. The number of hydrogen-bond donors (Lipinski definition) is 1. The molecule has 1 N–H and O–H groups in total. The molecule has 1 aromatic heterocycles. The van der Waals surface area contributed by atoms with Crippen molar-refractivity contribution in [1.82, 2.24) is 14.5 Å². The van der Waals surface area contributed by atoms with Crippen LogP contribution < -0.4 is 10.1 Å². The Kier molecular flexibility index (Phi) is 5.23. The molecule has 1 aliphatic rings. The molecule has 3 rings (SSSR count). The van der Waals surface area contributed by atoms with E-state index < -0.39 is 22.0 Å². The monoisotopic (exact) mass is 380 g/mol. The number of rotatable bonds is 5. The van der Waals surface area contributed by atoms with E-state index in [4.69, 9.17) is 9.15 Å². The van der Waals surface area contributed by atoms with E-state index >= 15 is 0 Å². The van der Waals surface area contributed by atoms with Gasteiger partial charge in [0, 0.05) is 6.54 Å². The van der Waals surface area contributed by atoms with Crippen molar-refractivity contribution in [3.63, 3.8) is 0 Å². The van der Waals surface area contributed by atoms with Gasteiger partial charge in [-0.25, -0.2) is 8.42 Å². The Morgan fingerprint density at radius 3 is 2.81 bits per heavy atom. The molecule has 1 unspecified atom stereocenters. The summed E-state index contributed by atoms with van der Waals surface area (Å²) in [4.78, 5) is 12.5. The fourth-order valence-electron chi connectivity index (χ4n) is 2.96. The summed E-state index contributed by atoms with van der Waals surface area (Å²) in [6, 6.07) is 6.25. The maximum Gasteiger partial charge on any atom is 0.322 e. The van der Waals surface area contributed by atoms with Gasteiger partial charge in [0.25, 0.3) is 5.89 Å². The lowest BCUT2D eigenvalue weighted by molar-refractivity contribution is -0.120. The van der Waals surface area contributed by atoms with Gasteiger partial charge in [-0.1, -0.05) is 23.7 Å².